The van der Waals surface area contributed by atoms with Gasteiger partial charge in [0, 0.05) is 12.7 Å². The van der Waals surface area contributed by atoms with Crippen LogP contribution in [0.3, 0.4) is 0 Å². The zero-order valence-electron chi connectivity index (χ0n) is 9.28. The molecule has 2 rings (SSSR count). The third-order valence-electron chi connectivity index (χ3n) is 2.47. The van der Waals surface area contributed by atoms with E-state index in [-0.39, 0.29) is 12.1 Å². The first-order chi connectivity index (χ1) is 8.59. The van der Waals surface area contributed by atoms with Gasteiger partial charge in [-0.05, 0) is 18.2 Å². The number of hydrogen-bond donors (Lipinski definition) is 2. The van der Waals surface area contributed by atoms with Gasteiger partial charge in [0.1, 0.15) is 0 Å². The number of allylic oxidation sites excluding steroid dienone is 2. The van der Waals surface area contributed by atoms with Gasteiger partial charge in [-0.3, -0.25) is 9.88 Å². The predicted octanol–water partition coefficient (Wildman–Crippen LogP) is 1.67. The molecule has 18 heavy (non-hydrogen) atoms. The summed E-state index contributed by atoms with van der Waals surface area (Å²) in [5, 5.41) is 17.9. The molecule has 92 valence electrons. The second kappa shape index (κ2) is 4.70. The molecule has 0 saturated carbocycles. The van der Waals surface area contributed by atoms with Crippen molar-refractivity contribution in [3.05, 3.63) is 47.8 Å². The minimum Gasteiger partial charge on any atom is -0.478 e. The van der Waals surface area contributed by atoms with Crippen LogP contribution in [0.1, 0.15) is 16.1 Å². The maximum Gasteiger partial charge on any atom is 0.412 e. The van der Waals surface area contributed by atoms with Crippen molar-refractivity contribution in [3.63, 3.8) is 0 Å². The molecule has 6 heteroatoms. The smallest absolute Gasteiger partial charge is 0.412 e. The summed E-state index contributed by atoms with van der Waals surface area (Å²) < 4.78 is 0. The van der Waals surface area contributed by atoms with Crippen LogP contribution in [0.5, 0.6) is 0 Å². The summed E-state index contributed by atoms with van der Waals surface area (Å²) >= 11 is 0. The monoisotopic (exact) mass is 246 g/mol. The van der Waals surface area contributed by atoms with Crippen LogP contribution in [0.2, 0.25) is 0 Å². The largest absolute Gasteiger partial charge is 0.478 e. The molecule has 2 heterocycles. The Morgan fingerprint density at radius 2 is 2.11 bits per heavy atom. The fourth-order valence-corrected chi connectivity index (χ4v) is 1.62. The Hall–Kier alpha value is -2.63. The molecule has 1 amide bonds. The average molecular weight is 246 g/mol. The molecule has 1 aliphatic rings. The number of amides is 1. The number of aromatic nitrogens is 1. The third kappa shape index (κ3) is 2.22. The Morgan fingerprint density at radius 1 is 1.33 bits per heavy atom. The van der Waals surface area contributed by atoms with Gasteiger partial charge in [-0.2, -0.15) is 0 Å². The Morgan fingerprint density at radius 3 is 2.78 bits per heavy atom. The molecule has 0 unspecified atom stereocenters. The first-order valence-electron chi connectivity index (χ1n) is 5.16. The maximum atomic E-state index is 11.1. The van der Waals surface area contributed by atoms with Crippen molar-refractivity contribution in [2.75, 3.05) is 6.54 Å². The average Bonchev–Trinajstić information content (AvgIpc) is 2.39. The minimum atomic E-state index is -1.10. The van der Waals surface area contributed by atoms with E-state index in [4.69, 9.17) is 10.2 Å². The zero-order chi connectivity index (χ0) is 13.1. The van der Waals surface area contributed by atoms with Gasteiger partial charge < -0.3 is 10.2 Å². The second-order valence-corrected chi connectivity index (χ2v) is 3.61. The van der Waals surface area contributed by atoms with Gasteiger partial charge in [-0.25, -0.2) is 9.59 Å². The summed E-state index contributed by atoms with van der Waals surface area (Å²) in [6.45, 7) is 0.222. The molecule has 2 N–H and O–H groups in total. The van der Waals surface area contributed by atoms with Gasteiger partial charge in [0.25, 0.3) is 0 Å². The highest BCUT2D eigenvalue weighted by atomic mass is 16.4. The number of carbonyl (C=O) groups is 2. The lowest BCUT2D eigenvalue weighted by Gasteiger charge is -2.22. The topological polar surface area (TPSA) is 90.7 Å². The highest BCUT2D eigenvalue weighted by Gasteiger charge is 2.20. The highest BCUT2D eigenvalue weighted by molar-refractivity contribution is 5.89. The normalized spacial score (nSPS) is 14.2. The van der Waals surface area contributed by atoms with Crippen molar-refractivity contribution in [2.45, 2.75) is 0 Å². The van der Waals surface area contributed by atoms with Gasteiger partial charge in [-0.1, -0.05) is 12.2 Å². The van der Waals surface area contributed by atoms with Crippen LogP contribution in [0, 0.1) is 0 Å². The van der Waals surface area contributed by atoms with E-state index in [1.54, 1.807) is 18.2 Å². The molecular weight excluding hydrogens is 236 g/mol. The van der Waals surface area contributed by atoms with E-state index in [0.717, 1.165) is 4.90 Å². The van der Waals surface area contributed by atoms with Gasteiger partial charge in [0.05, 0.1) is 17.0 Å². The van der Waals surface area contributed by atoms with Gasteiger partial charge >= 0.3 is 12.1 Å². The van der Waals surface area contributed by atoms with Crippen molar-refractivity contribution in [1.82, 2.24) is 9.88 Å². The Balaban J connectivity index is 2.43. The Bertz CT molecular complexity index is 563. The van der Waals surface area contributed by atoms with E-state index in [1.165, 1.54) is 18.3 Å². The standard InChI is InChI=1S/C12H10N2O4/c15-11(16)8-4-5-13-9(7-8)10-3-1-2-6-14(10)12(17)18/h1-5,7H,6H2,(H,15,16)(H,17,18). The minimum absolute atomic E-state index is 0.0702. The summed E-state index contributed by atoms with van der Waals surface area (Å²) in [5.74, 6) is -1.08. The second-order valence-electron chi connectivity index (χ2n) is 3.61. The number of hydrogen-bond acceptors (Lipinski definition) is 3. The lowest BCUT2D eigenvalue weighted by atomic mass is 10.1. The quantitative estimate of drug-likeness (QED) is 0.828. The molecule has 1 aromatic rings. The van der Waals surface area contributed by atoms with Crippen LogP contribution in [0.4, 0.5) is 4.79 Å². The first kappa shape index (κ1) is 11.8. The van der Waals surface area contributed by atoms with Crippen molar-refractivity contribution in [2.24, 2.45) is 0 Å². The number of carboxylic acids is 1. The van der Waals surface area contributed by atoms with E-state index >= 15 is 0 Å². The summed E-state index contributed by atoms with van der Waals surface area (Å²) in [6, 6.07) is 2.71. The molecule has 0 bridgehead atoms. The number of aromatic carboxylic acids is 1. The summed E-state index contributed by atoms with van der Waals surface area (Å²) in [6.07, 6.45) is 5.24. The van der Waals surface area contributed by atoms with E-state index < -0.39 is 12.1 Å². The fourth-order valence-electron chi connectivity index (χ4n) is 1.62. The van der Waals surface area contributed by atoms with Crippen LogP contribution < -0.4 is 0 Å². The SMILES string of the molecule is O=C(O)c1ccnc(C2=CC=CCN2C(=O)O)c1. The lowest BCUT2D eigenvalue weighted by Crippen LogP contribution is -2.29. The van der Waals surface area contributed by atoms with Crippen LogP contribution in [-0.4, -0.2) is 38.7 Å². The van der Waals surface area contributed by atoms with E-state index in [9.17, 15) is 9.59 Å². The van der Waals surface area contributed by atoms with E-state index in [2.05, 4.69) is 4.98 Å². The molecule has 0 atom stereocenters. The number of rotatable bonds is 2. The Kier molecular flexibility index (Phi) is 3.09. The molecule has 0 fully saturated rings. The van der Waals surface area contributed by atoms with Crippen LogP contribution in [0.15, 0.2) is 36.6 Å². The van der Waals surface area contributed by atoms with Gasteiger partial charge in [-0.15, -0.1) is 0 Å². The number of carboxylic acid groups (broad SMARTS) is 2. The lowest BCUT2D eigenvalue weighted by molar-refractivity contribution is 0.0696. The Labute approximate surface area is 102 Å². The van der Waals surface area contributed by atoms with Crippen molar-refractivity contribution in [1.29, 1.82) is 0 Å². The zero-order valence-corrected chi connectivity index (χ0v) is 9.28. The number of nitrogens with zero attached hydrogens (tertiary/aromatic N) is 2. The number of pyridine rings is 1. The summed E-state index contributed by atoms with van der Waals surface area (Å²) in [5.41, 5.74) is 0.760. The molecule has 1 aliphatic heterocycles. The van der Waals surface area contributed by atoms with Gasteiger partial charge in [0.15, 0.2) is 0 Å². The molecule has 0 radical (unpaired) electrons. The van der Waals surface area contributed by atoms with Crippen molar-refractivity contribution >= 4 is 17.8 Å². The van der Waals surface area contributed by atoms with Crippen LogP contribution >= 0.6 is 0 Å². The molecule has 0 spiro atoms. The highest BCUT2D eigenvalue weighted by Crippen LogP contribution is 2.21. The van der Waals surface area contributed by atoms with E-state index in [1.807, 2.05) is 0 Å². The third-order valence-corrected chi connectivity index (χ3v) is 2.47. The van der Waals surface area contributed by atoms with Gasteiger partial charge in [0.2, 0.25) is 0 Å². The predicted molar refractivity (Wildman–Crippen MR) is 63.0 cm³/mol. The summed E-state index contributed by atoms with van der Waals surface area (Å²) in [4.78, 5) is 27.0. The molecule has 0 aromatic carbocycles. The van der Waals surface area contributed by atoms with Crippen molar-refractivity contribution < 1.29 is 19.8 Å². The van der Waals surface area contributed by atoms with Crippen LogP contribution in [0.25, 0.3) is 5.70 Å². The molecule has 6 nitrogen and oxygen atoms in total. The van der Waals surface area contributed by atoms with Crippen molar-refractivity contribution in [3.8, 4) is 0 Å². The first-order valence-corrected chi connectivity index (χ1v) is 5.16. The van der Waals surface area contributed by atoms with E-state index in [0.29, 0.717) is 11.4 Å². The van der Waals surface area contributed by atoms with Crippen LogP contribution in [-0.2, 0) is 0 Å². The molecule has 0 aliphatic carbocycles. The summed E-state index contributed by atoms with van der Waals surface area (Å²) in [7, 11) is 0. The molecular formula is C12H10N2O4. The fraction of sp³-hybridized carbons (Fsp3) is 0.0833. The maximum absolute atomic E-state index is 11.1. The molecule has 0 saturated heterocycles. The molecule has 1 aromatic heterocycles.